The van der Waals surface area contributed by atoms with Gasteiger partial charge in [-0.05, 0) is 82.6 Å². The molecule has 0 saturated heterocycles. The molecule has 0 saturated carbocycles. The van der Waals surface area contributed by atoms with Crippen molar-refractivity contribution in [1.29, 1.82) is 0 Å². The molecule has 0 bridgehead atoms. The standard InChI is InChI=1S/C32H34N2O3/c1-31(2,3)22-7-13-25(14-8-22)36-27-17-11-24(12-18-27)33-34-29-20-19-28(21-30(29)35)37-26-15-9-23(10-16-26)32(4,5)6/h7-21,35H,1-6H3. The van der Waals surface area contributed by atoms with Crippen LogP contribution in [0.1, 0.15) is 52.7 Å². The van der Waals surface area contributed by atoms with E-state index in [1.165, 1.54) is 17.2 Å². The Morgan fingerprint density at radius 3 is 1.35 bits per heavy atom. The molecule has 4 aromatic rings. The Balaban J connectivity index is 1.37. The van der Waals surface area contributed by atoms with Crippen LogP contribution >= 0.6 is 0 Å². The van der Waals surface area contributed by atoms with Crippen LogP contribution < -0.4 is 9.47 Å². The number of phenolic OH excluding ortho intramolecular Hbond substituents is 1. The topological polar surface area (TPSA) is 63.4 Å². The van der Waals surface area contributed by atoms with Crippen molar-refractivity contribution in [1.82, 2.24) is 0 Å². The van der Waals surface area contributed by atoms with Crippen molar-refractivity contribution in [2.75, 3.05) is 0 Å². The summed E-state index contributed by atoms with van der Waals surface area (Å²) in [6.45, 7) is 13.1. The highest BCUT2D eigenvalue weighted by Gasteiger charge is 2.14. The van der Waals surface area contributed by atoms with Gasteiger partial charge in [0.1, 0.15) is 34.4 Å². The van der Waals surface area contributed by atoms with Crippen molar-refractivity contribution in [3.05, 3.63) is 102 Å². The molecule has 0 aliphatic heterocycles. The van der Waals surface area contributed by atoms with Gasteiger partial charge in [0, 0.05) is 6.07 Å². The van der Waals surface area contributed by atoms with Crippen molar-refractivity contribution in [2.45, 2.75) is 52.4 Å². The lowest BCUT2D eigenvalue weighted by atomic mass is 9.87. The lowest BCUT2D eigenvalue weighted by molar-refractivity contribution is 0.455. The minimum atomic E-state index is -0.00813. The van der Waals surface area contributed by atoms with Crippen molar-refractivity contribution >= 4 is 11.4 Å². The number of phenols is 1. The predicted molar refractivity (Wildman–Crippen MR) is 149 cm³/mol. The zero-order valence-electron chi connectivity index (χ0n) is 22.3. The first-order valence-electron chi connectivity index (χ1n) is 12.4. The molecule has 0 aromatic heterocycles. The molecule has 5 heteroatoms. The van der Waals surface area contributed by atoms with Gasteiger partial charge in [0.05, 0.1) is 5.69 Å². The second-order valence-corrected chi connectivity index (χ2v) is 11.1. The fraction of sp³-hybridized carbons (Fsp3) is 0.250. The first-order valence-corrected chi connectivity index (χ1v) is 12.4. The van der Waals surface area contributed by atoms with Gasteiger partial charge < -0.3 is 14.6 Å². The van der Waals surface area contributed by atoms with Crippen LogP contribution in [0.5, 0.6) is 28.7 Å². The van der Waals surface area contributed by atoms with Gasteiger partial charge >= 0.3 is 0 Å². The summed E-state index contributed by atoms with van der Waals surface area (Å²) in [5.74, 6) is 2.71. The Hall–Kier alpha value is -4.12. The summed E-state index contributed by atoms with van der Waals surface area (Å²) in [5.41, 5.74) is 3.67. The SMILES string of the molecule is CC(C)(C)c1ccc(Oc2ccc(N=Nc3ccc(Oc4ccc(C(C)(C)C)cc4)cc3O)cc2)cc1. The van der Waals surface area contributed by atoms with Crippen LogP contribution in [0.2, 0.25) is 0 Å². The van der Waals surface area contributed by atoms with Crippen LogP contribution in [0, 0.1) is 0 Å². The second-order valence-electron chi connectivity index (χ2n) is 11.1. The average molecular weight is 495 g/mol. The van der Waals surface area contributed by atoms with E-state index >= 15 is 0 Å². The fourth-order valence-corrected chi connectivity index (χ4v) is 3.66. The van der Waals surface area contributed by atoms with Crippen LogP contribution in [0.3, 0.4) is 0 Å². The van der Waals surface area contributed by atoms with Gasteiger partial charge in [0.25, 0.3) is 0 Å². The van der Waals surface area contributed by atoms with Crippen LogP contribution in [-0.2, 0) is 10.8 Å². The number of benzene rings is 4. The Morgan fingerprint density at radius 2 is 0.919 bits per heavy atom. The van der Waals surface area contributed by atoms with Crippen LogP contribution in [0.15, 0.2) is 101 Å². The number of aromatic hydroxyl groups is 1. The first kappa shape index (κ1) is 26.0. The molecule has 0 aliphatic rings. The largest absolute Gasteiger partial charge is 0.505 e. The van der Waals surface area contributed by atoms with Gasteiger partial charge in [0.15, 0.2) is 0 Å². The third-order valence-corrected chi connectivity index (χ3v) is 5.97. The van der Waals surface area contributed by atoms with Gasteiger partial charge in [-0.1, -0.05) is 65.8 Å². The summed E-state index contributed by atoms with van der Waals surface area (Å²) in [5, 5.41) is 18.8. The Bertz CT molecular complexity index is 1360. The van der Waals surface area contributed by atoms with Crippen molar-refractivity contribution in [2.24, 2.45) is 10.2 Å². The third kappa shape index (κ3) is 6.98. The predicted octanol–water partition coefficient (Wildman–Crippen LogP) is 9.99. The molecule has 0 heterocycles. The number of azo groups is 1. The Labute approximate surface area is 219 Å². The maximum Gasteiger partial charge on any atom is 0.146 e. The summed E-state index contributed by atoms with van der Waals surface area (Å²) in [6, 6.07) is 28.4. The molecular formula is C32H34N2O3. The molecule has 190 valence electrons. The number of hydrogen-bond acceptors (Lipinski definition) is 5. The smallest absolute Gasteiger partial charge is 0.146 e. The van der Waals surface area contributed by atoms with Crippen LogP contribution in [-0.4, -0.2) is 5.11 Å². The van der Waals surface area contributed by atoms with E-state index in [-0.39, 0.29) is 16.6 Å². The molecule has 0 atom stereocenters. The lowest BCUT2D eigenvalue weighted by Gasteiger charge is -2.19. The minimum Gasteiger partial charge on any atom is -0.505 e. The molecule has 0 fully saturated rings. The zero-order chi connectivity index (χ0) is 26.6. The van der Waals surface area contributed by atoms with E-state index in [0.717, 1.165) is 5.75 Å². The van der Waals surface area contributed by atoms with E-state index in [9.17, 15) is 5.11 Å². The fourth-order valence-electron chi connectivity index (χ4n) is 3.66. The van der Waals surface area contributed by atoms with Gasteiger partial charge in [-0.25, -0.2) is 0 Å². The summed E-state index contributed by atoms with van der Waals surface area (Å²) < 4.78 is 11.8. The van der Waals surface area contributed by atoms with E-state index in [4.69, 9.17) is 9.47 Å². The average Bonchev–Trinajstić information content (AvgIpc) is 2.84. The molecule has 0 unspecified atom stereocenters. The molecule has 1 N–H and O–H groups in total. The van der Waals surface area contributed by atoms with E-state index in [0.29, 0.717) is 28.6 Å². The van der Waals surface area contributed by atoms with E-state index < -0.39 is 0 Å². The molecule has 4 aromatic carbocycles. The summed E-state index contributed by atoms with van der Waals surface area (Å²) in [6.07, 6.45) is 0. The van der Waals surface area contributed by atoms with E-state index in [1.807, 2.05) is 48.5 Å². The van der Waals surface area contributed by atoms with Crippen molar-refractivity contribution < 1.29 is 14.6 Å². The molecule has 4 rings (SSSR count). The molecule has 0 spiro atoms. The van der Waals surface area contributed by atoms with Crippen molar-refractivity contribution in [3.8, 4) is 28.7 Å². The third-order valence-electron chi connectivity index (χ3n) is 5.97. The molecule has 37 heavy (non-hydrogen) atoms. The molecule has 0 amide bonds. The van der Waals surface area contributed by atoms with Gasteiger partial charge in [-0.2, -0.15) is 5.11 Å². The van der Waals surface area contributed by atoms with Gasteiger partial charge in [0.2, 0.25) is 0 Å². The first-order chi connectivity index (χ1) is 17.5. The molecule has 5 nitrogen and oxygen atoms in total. The van der Waals surface area contributed by atoms with Crippen LogP contribution in [0.25, 0.3) is 0 Å². The summed E-state index contributed by atoms with van der Waals surface area (Å²) in [4.78, 5) is 0. The number of ether oxygens (including phenoxy) is 2. The minimum absolute atomic E-state index is 0.00813. The second kappa shape index (κ2) is 10.5. The maximum absolute atomic E-state index is 10.4. The molecule has 0 radical (unpaired) electrons. The summed E-state index contributed by atoms with van der Waals surface area (Å²) in [7, 11) is 0. The number of hydrogen-bond donors (Lipinski definition) is 1. The summed E-state index contributed by atoms with van der Waals surface area (Å²) >= 11 is 0. The zero-order valence-corrected chi connectivity index (χ0v) is 22.3. The quantitative estimate of drug-likeness (QED) is 0.271. The highest BCUT2D eigenvalue weighted by molar-refractivity contribution is 5.55. The van der Waals surface area contributed by atoms with E-state index in [2.05, 4.69) is 76.0 Å². The molecule has 0 aliphatic carbocycles. The van der Waals surface area contributed by atoms with Crippen molar-refractivity contribution in [3.63, 3.8) is 0 Å². The number of nitrogens with zero attached hydrogens (tertiary/aromatic N) is 2. The Morgan fingerprint density at radius 1 is 0.514 bits per heavy atom. The van der Waals surface area contributed by atoms with Gasteiger partial charge in [-0.3, -0.25) is 0 Å². The highest BCUT2D eigenvalue weighted by atomic mass is 16.5. The van der Waals surface area contributed by atoms with E-state index in [1.54, 1.807) is 12.1 Å². The monoisotopic (exact) mass is 494 g/mol. The van der Waals surface area contributed by atoms with Crippen LogP contribution in [0.4, 0.5) is 11.4 Å². The maximum atomic E-state index is 10.4. The Kier molecular flexibility index (Phi) is 7.35. The van der Waals surface area contributed by atoms with Gasteiger partial charge in [-0.15, -0.1) is 5.11 Å². The molecular weight excluding hydrogens is 460 g/mol. The normalized spacial score (nSPS) is 12.1. The number of rotatable bonds is 6. The lowest BCUT2D eigenvalue weighted by Crippen LogP contribution is -2.10. The highest BCUT2D eigenvalue weighted by Crippen LogP contribution is 2.35.